The highest BCUT2D eigenvalue weighted by Crippen LogP contribution is 2.24. The topological polar surface area (TPSA) is 101 Å². The Kier molecular flexibility index (Phi) is 12.3. The zero-order chi connectivity index (χ0) is 32.2. The van der Waals surface area contributed by atoms with Crippen molar-refractivity contribution in [3.63, 3.8) is 0 Å². The second-order valence-electron chi connectivity index (χ2n) is 11.6. The number of aryl methyl sites for hydroxylation is 3. The van der Waals surface area contributed by atoms with E-state index >= 15 is 0 Å². The first-order chi connectivity index (χ1) is 21.8. The standard InChI is InChI=1S/C38H46N2O5/c1-4-36-35(25-32(40(36)3)10-7-11-37(43)45-5-2)38(44)30-8-6-9-31(24-30)39-26-29(14-12-27-16-20-33(41)21-17-27)15-13-28-18-22-34(42)23-19-28/h6,8-9,16-25,29,39,41-42H,4-5,7,10-15,26H2,1-3H3. The van der Waals surface area contributed by atoms with Crippen molar-refractivity contribution in [1.29, 1.82) is 0 Å². The molecule has 0 atom stereocenters. The van der Waals surface area contributed by atoms with Gasteiger partial charge in [-0.1, -0.05) is 43.3 Å². The molecular formula is C38H46N2O5. The number of aromatic hydroxyl groups is 2. The molecule has 0 aliphatic heterocycles. The largest absolute Gasteiger partial charge is 0.508 e. The highest BCUT2D eigenvalue weighted by atomic mass is 16.5. The molecule has 4 rings (SSSR count). The van der Waals surface area contributed by atoms with Crippen LogP contribution in [0.3, 0.4) is 0 Å². The number of hydrogen-bond donors (Lipinski definition) is 3. The monoisotopic (exact) mass is 610 g/mol. The Morgan fingerprint density at radius 3 is 2.04 bits per heavy atom. The summed E-state index contributed by atoms with van der Waals surface area (Å²) in [6.07, 6.45) is 6.21. The molecule has 4 aromatic rings. The molecule has 0 spiro atoms. The first-order valence-corrected chi connectivity index (χ1v) is 16.0. The van der Waals surface area contributed by atoms with E-state index in [0.717, 1.165) is 55.7 Å². The van der Waals surface area contributed by atoms with E-state index in [1.165, 1.54) is 11.1 Å². The van der Waals surface area contributed by atoms with Gasteiger partial charge in [0.25, 0.3) is 0 Å². The fraction of sp³-hybridized carbons (Fsp3) is 0.368. The molecule has 0 saturated carbocycles. The van der Waals surface area contributed by atoms with Crippen LogP contribution in [-0.2, 0) is 42.3 Å². The predicted molar refractivity (Wildman–Crippen MR) is 179 cm³/mol. The van der Waals surface area contributed by atoms with E-state index in [-0.39, 0.29) is 23.3 Å². The van der Waals surface area contributed by atoms with Crippen molar-refractivity contribution >= 4 is 17.4 Å². The van der Waals surface area contributed by atoms with Crippen LogP contribution >= 0.6 is 0 Å². The molecule has 3 aromatic carbocycles. The SMILES string of the molecule is CCOC(=O)CCCc1cc(C(=O)c2cccc(NCC(CCc3ccc(O)cc3)CCc3ccc(O)cc3)c2)c(CC)n1C. The highest BCUT2D eigenvalue weighted by molar-refractivity contribution is 6.10. The van der Waals surface area contributed by atoms with Gasteiger partial charge in [-0.15, -0.1) is 0 Å². The van der Waals surface area contributed by atoms with E-state index in [2.05, 4.69) is 16.8 Å². The van der Waals surface area contributed by atoms with Gasteiger partial charge < -0.3 is 24.8 Å². The molecule has 3 N–H and O–H groups in total. The average molecular weight is 611 g/mol. The van der Waals surface area contributed by atoms with E-state index in [1.807, 2.05) is 68.6 Å². The number of aromatic nitrogens is 1. The maximum absolute atomic E-state index is 13.8. The van der Waals surface area contributed by atoms with Gasteiger partial charge in [0.15, 0.2) is 5.78 Å². The molecule has 0 radical (unpaired) electrons. The molecule has 0 bridgehead atoms. The van der Waals surface area contributed by atoms with E-state index in [1.54, 1.807) is 24.3 Å². The van der Waals surface area contributed by atoms with Crippen molar-refractivity contribution in [2.75, 3.05) is 18.5 Å². The zero-order valence-electron chi connectivity index (χ0n) is 26.7. The summed E-state index contributed by atoms with van der Waals surface area (Å²) in [5.74, 6) is 0.714. The van der Waals surface area contributed by atoms with E-state index in [0.29, 0.717) is 42.9 Å². The number of carbonyl (C=O) groups excluding carboxylic acids is 2. The average Bonchev–Trinajstić information content (AvgIpc) is 3.36. The lowest BCUT2D eigenvalue weighted by Gasteiger charge is -2.19. The van der Waals surface area contributed by atoms with E-state index in [9.17, 15) is 19.8 Å². The number of nitrogens with zero attached hydrogens (tertiary/aromatic N) is 1. The molecule has 0 aliphatic carbocycles. The maximum atomic E-state index is 13.8. The van der Waals surface area contributed by atoms with Crippen LogP contribution in [0, 0.1) is 5.92 Å². The lowest BCUT2D eigenvalue weighted by molar-refractivity contribution is -0.143. The third kappa shape index (κ3) is 9.73. The van der Waals surface area contributed by atoms with Crippen LogP contribution in [-0.4, -0.2) is 39.7 Å². The Labute approximate surface area is 266 Å². The summed E-state index contributed by atoms with van der Waals surface area (Å²) >= 11 is 0. The number of phenolic OH excluding ortho intramolecular Hbond substituents is 2. The number of carbonyl (C=O) groups is 2. The van der Waals surface area contributed by atoms with Gasteiger partial charge >= 0.3 is 5.97 Å². The minimum Gasteiger partial charge on any atom is -0.508 e. The van der Waals surface area contributed by atoms with Gasteiger partial charge in [-0.05, 0) is 111 Å². The fourth-order valence-electron chi connectivity index (χ4n) is 5.82. The molecular weight excluding hydrogens is 564 g/mol. The Hall–Kier alpha value is -4.52. The van der Waals surface area contributed by atoms with Crippen LogP contribution < -0.4 is 5.32 Å². The molecule has 0 fully saturated rings. The van der Waals surface area contributed by atoms with Crippen LogP contribution in [0.4, 0.5) is 5.69 Å². The number of ether oxygens (including phenoxy) is 1. The van der Waals surface area contributed by atoms with E-state index < -0.39 is 0 Å². The van der Waals surface area contributed by atoms with Crippen molar-refractivity contribution in [3.8, 4) is 11.5 Å². The van der Waals surface area contributed by atoms with Crippen molar-refractivity contribution in [3.05, 3.63) is 113 Å². The van der Waals surface area contributed by atoms with Crippen LogP contribution in [0.5, 0.6) is 11.5 Å². The van der Waals surface area contributed by atoms with Crippen LogP contribution in [0.15, 0.2) is 78.9 Å². The minimum absolute atomic E-state index is 0.000969. The van der Waals surface area contributed by atoms with Crippen molar-refractivity contribution < 1.29 is 24.5 Å². The molecule has 7 nitrogen and oxygen atoms in total. The van der Waals surface area contributed by atoms with Gasteiger partial charge in [0.2, 0.25) is 0 Å². The second kappa shape index (κ2) is 16.5. The van der Waals surface area contributed by atoms with Gasteiger partial charge in [0, 0.05) is 48.2 Å². The highest BCUT2D eigenvalue weighted by Gasteiger charge is 2.20. The Balaban J connectivity index is 1.43. The number of hydrogen-bond acceptors (Lipinski definition) is 6. The molecule has 0 amide bonds. The number of phenols is 2. The molecule has 1 heterocycles. The maximum Gasteiger partial charge on any atom is 0.305 e. The van der Waals surface area contributed by atoms with Crippen molar-refractivity contribution in [2.24, 2.45) is 13.0 Å². The summed E-state index contributed by atoms with van der Waals surface area (Å²) in [6.45, 7) is 5.01. The summed E-state index contributed by atoms with van der Waals surface area (Å²) in [5, 5.41) is 22.9. The molecule has 0 aliphatic rings. The third-order valence-electron chi connectivity index (χ3n) is 8.43. The van der Waals surface area contributed by atoms with Crippen LogP contribution in [0.2, 0.25) is 0 Å². The quantitative estimate of drug-likeness (QED) is 0.0850. The summed E-state index contributed by atoms with van der Waals surface area (Å²) in [6, 6.07) is 24.5. The minimum atomic E-state index is -0.189. The number of anilines is 1. The predicted octanol–water partition coefficient (Wildman–Crippen LogP) is 7.41. The van der Waals surface area contributed by atoms with Crippen molar-refractivity contribution in [1.82, 2.24) is 4.57 Å². The molecule has 0 saturated heterocycles. The summed E-state index contributed by atoms with van der Waals surface area (Å²) < 4.78 is 7.15. The molecule has 45 heavy (non-hydrogen) atoms. The smallest absolute Gasteiger partial charge is 0.305 e. The first kappa shape index (κ1) is 33.4. The number of nitrogens with one attached hydrogen (secondary N) is 1. The lowest BCUT2D eigenvalue weighted by Crippen LogP contribution is -2.16. The second-order valence-corrected chi connectivity index (χ2v) is 11.6. The number of benzene rings is 3. The van der Waals surface area contributed by atoms with Crippen molar-refractivity contribution in [2.45, 2.75) is 65.2 Å². The zero-order valence-corrected chi connectivity index (χ0v) is 26.7. The van der Waals surface area contributed by atoms with Gasteiger partial charge in [-0.3, -0.25) is 9.59 Å². The summed E-state index contributed by atoms with van der Waals surface area (Å²) in [7, 11) is 1.99. The third-order valence-corrected chi connectivity index (χ3v) is 8.43. The molecule has 1 aromatic heterocycles. The van der Waals surface area contributed by atoms with Crippen LogP contribution in [0.25, 0.3) is 0 Å². The normalized spacial score (nSPS) is 11.1. The number of rotatable bonds is 17. The van der Waals surface area contributed by atoms with Gasteiger partial charge in [0.1, 0.15) is 11.5 Å². The fourth-order valence-corrected chi connectivity index (χ4v) is 5.82. The molecule has 7 heteroatoms. The Morgan fingerprint density at radius 2 is 1.47 bits per heavy atom. The van der Waals surface area contributed by atoms with Gasteiger partial charge in [-0.25, -0.2) is 0 Å². The summed E-state index contributed by atoms with van der Waals surface area (Å²) in [5.41, 5.74) is 6.66. The summed E-state index contributed by atoms with van der Waals surface area (Å²) in [4.78, 5) is 25.6. The number of ketones is 1. The first-order valence-electron chi connectivity index (χ1n) is 16.0. The number of esters is 1. The molecule has 238 valence electrons. The van der Waals surface area contributed by atoms with E-state index in [4.69, 9.17) is 4.74 Å². The Bertz CT molecular complexity index is 1490. The van der Waals surface area contributed by atoms with Crippen LogP contribution in [0.1, 0.15) is 78.0 Å². The lowest BCUT2D eigenvalue weighted by atomic mass is 9.92. The Morgan fingerprint density at radius 1 is 0.844 bits per heavy atom. The van der Waals surface area contributed by atoms with Gasteiger partial charge in [-0.2, -0.15) is 0 Å². The van der Waals surface area contributed by atoms with Gasteiger partial charge in [0.05, 0.1) is 6.61 Å². The molecule has 0 unspecified atom stereocenters.